The van der Waals surface area contributed by atoms with Crippen LogP contribution in [0.3, 0.4) is 0 Å². The maximum absolute atomic E-state index is 12.2. The van der Waals surface area contributed by atoms with E-state index in [2.05, 4.69) is 4.98 Å². The van der Waals surface area contributed by atoms with Crippen LogP contribution in [0.25, 0.3) is 0 Å². The molecule has 0 bridgehead atoms. The molecule has 1 aliphatic rings. The van der Waals surface area contributed by atoms with Gasteiger partial charge < -0.3 is 20.2 Å². The number of ether oxygens (including phenoxy) is 2. The van der Waals surface area contributed by atoms with E-state index >= 15 is 0 Å². The van der Waals surface area contributed by atoms with E-state index in [0.717, 1.165) is 10.6 Å². The van der Waals surface area contributed by atoms with E-state index in [1.807, 2.05) is 19.2 Å². The Hall–Kier alpha value is -2.41. The largest absolute Gasteiger partial charge is 0.451 e. The number of carbonyl (C=O) groups excluding carboxylic acids is 1. The van der Waals surface area contributed by atoms with Crippen molar-refractivity contribution in [2.24, 2.45) is 5.73 Å². The summed E-state index contributed by atoms with van der Waals surface area (Å²) in [5, 5.41) is 0. The molecule has 120 valence electrons. The van der Waals surface area contributed by atoms with Gasteiger partial charge in [-0.25, -0.2) is 0 Å². The number of pyridine rings is 1. The summed E-state index contributed by atoms with van der Waals surface area (Å²) in [6, 6.07) is 6.70. The standard InChI is InChI=1S/C16H16N2O4S/c1-8-5-13(23-2)10(16(20)18-8)7-14-21-11-4-3-9(15(17)19)6-12(11)22-14/h3-6,14H,7H2,1-2H3,(H2,17,19)(H,18,20). The summed E-state index contributed by atoms with van der Waals surface area (Å²) in [4.78, 5) is 27.1. The zero-order chi connectivity index (χ0) is 16.6. The van der Waals surface area contributed by atoms with Crippen LogP contribution in [0.2, 0.25) is 0 Å². The van der Waals surface area contributed by atoms with Gasteiger partial charge in [0.05, 0.1) is 6.42 Å². The number of thioether (sulfide) groups is 1. The van der Waals surface area contributed by atoms with Crippen LogP contribution in [0.15, 0.2) is 34.0 Å². The van der Waals surface area contributed by atoms with Gasteiger partial charge in [-0.1, -0.05) is 0 Å². The highest BCUT2D eigenvalue weighted by Gasteiger charge is 2.27. The number of benzene rings is 1. The van der Waals surface area contributed by atoms with Gasteiger partial charge in [0.1, 0.15) is 0 Å². The number of nitrogens with two attached hydrogens (primary N) is 1. The topological polar surface area (TPSA) is 94.4 Å². The van der Waals surface area contributed by atoms with Gasteiger partial charge in [0, 0.05) is 21.7 Å². The maximum Gasteiger partial charge on any atom is 0.252 e. The van der Waals surface area contributed by atoms with Gasteiger partial charge in [-0.3, -0.25) is 9.59 Å². The SMILES string of the molecule is CSc1cc(C)[nH]c(=O)c1CC1Oc2ccc(C(N)=O)cc2O1. The van der Waals surface area contributed by atoms with Crippen LogP contribution < -0.4 is 20.8 Å². The number of rotatable bonds is 4. The number of nitrogens with one attached hydrogen (secondary N) is 1. The van der Waals surface area contributed by atoms with Crippen molar-refractivity contribution in [2.45, 2.75) is 24.5 Å². The molecule has 23 heavy (non-hydrogen) atoms. The Bertz CT molecular complexity index is 831. The van der Waals surface area contributed by atoms with E-state index in [9.17, 15) is 9.59 Å². The smallest absolute Gasteiger partial charge is 0.252 e. The van der Waals surface area contributed by atoms with Crippen molar-refractivity contribution in [3.8, 4) is 11.5 Å². The van der Waals surface area contributed by atoms with E-state index in [1.54, 1.807) is 18.2 Å². The number of H-pyrrole nitrogens is 1. The molecule has 1 amide bonds. The Morgan fingerprint density at radius 3 is 2.74 bits per heavy atom. The van der Waals surface area contributed by atoms with E-state index < -0.39 is 12.2 Å². The lowest BCUT2D eigenvalue weighted by atomic mass is 10.2. The quantitative estimate of drug-likeness (QED) is 0.833. The van der Waals surface area contributed by atoms with Crippen molar-refractivity contribution in [1.82, 2.24) is 4.98 Å². The zero-order valence-corrected chi connectivity index (χ0v) is 13.5. The molecule has 0 radical (unpaired) electrons. The molecule has 7 heteroatoms. The number of amides is 1. The van der Waals surface area contributed by atoms with Gasteiger partial charge in [0.15, 0.2) is 11.5 Å². The second-order valence-electron chi connectivity index (χ2n) is 5.22. The molecule has 2 aromatic rings. The molecule has 0 saturated carbocycles. The summed E-state index contributed by atoms with van der Waals surface area (Å²) >= 11 is 1.51. The van der Waals surface area contributed by atoms with Crippen molar-refractivity contribution in [1.29, 1.82) is 0 Å². The lowest BCUT2D eigenvalue weighted by molar-refractivity contribution is 0.0494. The summed E-state index contributed by atoms with van der Waals surface area (Å²) < 4.78 is 11.4. The summed E-state index contributed by atoms with van der Waals surface area (Å²) in [6.45, 7) is 1.84. The molecule has 2 heterocycles. The summed E-state index contributed by atoms with van der Waals surface area (Å²) in [5.74, 6) is 0.467. The number of hydrogen-bond donors (Lipinski definition) is 2. The first kappa shape index (κ1) is 15.5. The fourth-order valence-corrected chi connectivity index (χ4v) is 3.19. The minimum Gasteiger partial charge on any atom is -0.451 e. The first-order valence-corrected chi connectivity index (χ1v) is 8.24. The fourth-order valence-electron chi connectivity index (χ4n) is 2.47. The molecule has 1 atom stereocenters. The Labute approximate surface area is 137 Å². The number of primary amides is 1. The lowest BCUT2D eigenvalue weighted by Crippen LogP contribution is -2.26. The zero-order valence-electron chi connectivity index (χ0n) is 12.7. The number of aryl methyl sites for hydroxylation is 1. The highest BCUT2D eigenvalue weighted by Crippen LogP contribution is 2.36. The van der Waals surface area contributed by atoms with Crippen LogP contribution in [0.5, 0.6) is 11.5 Å². The normalized spacial score (nSPS) is 15.7. The summed E-state index contributed by atoms with van der Waals surface area (Å²) in [5.41, 5.74) is 6.90. The number of carbonyl (C=O) groups is 1. The molecule has 1 aromatic heterocycles. The van der Waals surface area contributed by atoms with Crippen LogP contribution in [0.4, 0.5) is 0 Å². The van der Waals surface area contributed by atoms with Crippen LogP contribution in [-0.2, 0) is 6.42 Å². The molecular formula is C16H16N2O4S. The minimum atomic E-state index is -0.608. The molecular weight excluding hydrogens is 316 g/mol. The van der Waals surface area contributed by atoms with Gasteiger partial charge in [0.2, 0.25) is 12.2 Å². The molecule has 1 aromatic carbocycles. The van der Waals surface area contributed by atoms with Gasteiger partial charge in [-0.2, -0.15) is 0 Å². The second-order valence-corrected chi connectivity index (χ2v) is 6.07. The van der Waals surface area contributed by atoms with E-state index in [-0.39, 0.29) is 5.56 Å². The number of hydrogen-bond acceptors (Lipinski definition) is 5. The van der Waals surface area contributed by atoms with E-state index in [1.165, 1.54) is 11.8 Å². The Morgan fingerprint density at radius 1 is 1.30 bits per heavy atom. The van der Waals surface area contributed by atoms with Crippen molar-refractivity contribution in [2.75, 3.05) is 6.26 Å². The molecule has 1 aliphatic heterocycles. The number of fused-ring (bicyclic) bond motifs is 1. The highest BCUT2D eigenvalue weighted by molar-refractivity contribution is 7.98. The number of aromatic amines is 1. The molecule has 3 rings (SSSR count). The third-order valence-corrected chi connectivity index (χ3v) is 4.37. The van der Waals surface area contributed by atoms with Gasteiger partial charge in [-0.05, 0) is 37.4 Å². The van der Waals surface area contributed by atoms with Gasteiger partial charge >= 0.3 is 0 Å². The molecule has 3 N–H and O–H groups in total. The Morgan fingerprint density at radius 2 is 2.04 bits per heavy atom. The molecule has 1 unspecified atom stereocenters. The van der Waals surface area contributed by atoms with E-state index in [0.29, 0.717) is 29.0 Å². The third kappa shape index (κ3) is 3.05. The lowest BCUT2D eigenvalue weighted by Gasteiger charge is -2.12. The van der Waals surface area contributed by atoms with E-state index in [4.69, 9.17) is 15.2 Å². The Balaban J connectivity index is 1.84. The average Bonchev–Trinajstić information content (AvgIpc) is 2.91. The average molecular weight is 332 g/mol. The van der Waals surface area contributed by atoms with Crippen molar-refractivity contribution in [3.63, 3.8) is 0 Å². The maximum atomic E-state index is 12.2. The molecule has 0 saturated heterocycles. The van der Waals surface area contributed by atoms with Crippen LogP contribution in [0, 0.1) is 6.92 Å². The molecule has 0 spiro atoms. The third-order valence-electron chi connectivity index (χ3n) is 3.57. The van der Waals surface area contributed by atoms with Crippen molar-refractivity contribution in [3.05, 3.63) is 51.4 Å². The molecule has 0 aliphatic carbocycles. The van der Waals surface area contributed by atoms with Crippen LogP contribution in [-0.4, -0.2) is 23.4 Å². The van der Waals surface area contributed by atoms with Crippen LogP contribution >= 0.6 is 11.8 Å². The highest BCUT2D eigenvalue weighted by atomic mass is 32.2. The van der Waals surface area contributed by atoms with Gasteiger partial charge in [0.25, 0.3) is 5.56 Å². The van der Waals surface area contributed by atoms with Gasteiger partial charge in [-0.15, -0.1) is 11.8 Å². The monoisotopic (exact) mass is 332 g/mol. The van der Waals surface area contributed by atoms with Crippen LogP contribution in [0.1, 0.15) is 21.6 Å². The number of aromatic nitrogens is 1. The molecule has 6 nitrogen and oxygen atoms in total. The Kier molecular flexibility index (Phi) is 4.04. The predicted molar refractivity (Wildman–Crippen MR) is 87.3 cm³/mol. The first-order valence-electron chi connectivity index (χ1n) is 7.02. The second kappa shape index (κ2) is 6.00. The summed E-state index contributed by atoms with van der Waals surface area (Å²) in [6.07, 6.45) is 1.62. The summed E-state index contributed by atoms with van der Waals surface area (Å²) in [7, 11) is 0. The minimum absolute atomic E-state index is 0.143. The predicted octanol–water partition coefficient (Wildman–Crippen LogP) is 1.84. The first-order chi connectivity index (χ1) is 11.0. The van der Waals surface area contributed by atoms with Crippen molar-refractivity contribution < 1.29 is 14.3 Å². The molecule has 0 fully saturated rings. The fraction of sp³-hybridized carbons (Fsp3) is 0.250. The van der Waals surface area contributed by atoms with Crippen molar-refractivity contribution >= 4 is 17.7 Å².